The number of pyridine rings is 1. The van der Waals surface area contributed by atoms with Crippen molar-refractivity contribution in [2.45, 2.75) is 0 Å². The zero-order valence-electron chi connectivity index (χ0n) is 8.45. The smallest absolute Gasteiger partial charge is 0.411 e. The summed E-state index contributed by atoms with van der Waals surface area (Å²) in [5.74, 6) is 0. The van der Waals surface area contributed by atoms with Gasteiger partial charge in [-0.1, -0.05) is 0 Å². The summed E-state index contributed by atoms with van der Waals surface area (Å²) < 4.78 is 1.55. The molecular weight excluding hydrogens is 208 g/mol. The first-order chi connectivity index (χ1) is 7.65. The Balaban J connectivity index is 2.71. The minimum absolute atomic E-state index is 0.250. The molecule has 0 saturated heterocycles. The zero-order valence-corrected chi connectivity index (χ0v) is 8.45. The topological polar surface area (TPSA) is 81.6 Å². The zero-order chi connectivity index (χ0) is 11.7. The first kappa shape index (κ1) is 9.98. The van der Waals surface area contributed by atoms with Crippen LogP contribution in [0.5, 0.6) is 0 Å². The molecule has 6 heteroatoms. The summed E-state index contributed by atoms with van der Waals surface area (Å²) in [6.45, 7) is 0. The number of hydrogen-bond donors (Lipinski definition) is 1. The molecule has 1 amide bonds. The van der Waals surface area contributed by atoms with Gasteiger partial charge >= 0.3 is 6.09 Å². The van der Waals surface area contributed by atoms with Gasteiger partial charge in [-0.15, -0.1) is 0 Å². The van der Waals surface area contributed by atoms with Crippen LogP contribution in [0.3, 0.4) is 0 Å². The van der Waals surface area contributed by atoms with E-state index in [1.807, 2.05) is 6.07 Å². The lowest BCUT2D eigenvalue weighted by Crippen LogP contribution is -2.25. The second-order valence-corrected chi connectivity index (χ2v) is 3.18. The fraction of sp³-hybridized carbons (Fsp3) is 0.100. The largest absolute Gasteiger partial charge is 0.465 e. The quantitative estimate of drug-likeness (QED) is 0.779. The van der Waals surface area contributed by atoms with Crippen LogP contribution < -0.4 is 4.90 Å². The molecule has 0 fully saturated rings. The number of carboxylic acid groups (broad SMARTS) is 1. The van der Waals surface area contributed by atoms with Crippen molar-refractivity contribution in [3.63, 3.8) is 0 Å². The van der Waals surface area contributed by atoms with E-state index in [1.54, 1.807) is 28.9 Å². The minimum Gasteiger partial charge on any atom is -0.465 e. The van der Waals surface area contributed by atoms with E-state index in [1.165, 1.54) is 7.05 Å². The number of hydrogen-bond acceptors (Lipinski definition) is 3. The number of rotatable bonds is 1. The third-order valence-corrected chi connectivity index (χ3v) is 2.30. The molecule has 0 spiro atoms. The molecular formula is C10H8N4O2. The Bertz CT molecular complexity index is 596. The summed E-state index contributed by atoms with van der Waals surface area (Å²) in [5, 5.41) is 17.9. The number of amides is 1. The molecule has 2 aromatic heterocycles. The van der Waals surface area contributed by atoms with E-state index in [0.29, 0.717) is 11.3 Å². The molecule has 0 atom stereocenters. The van der Waals surface area contributed by atoms with Crippen LogP contribution in [0.2, 0.25) is 0 Å². The van der Waals surface area contributed by atoms with Crippen LogP contribution in [0.4, 0.5) is 10.5 Å². The Morgan fingerprint density at radius 2 is 2.38 bits per heavy atom. The second kappa shape index (κ2) is 3.55. The average Bonchev–Trinajstić information content (AvgIpc) is 2.74. The van der Waals surface area contributed by atoms with E-state index < -0.39 is 6.09 Å². The molecule has 0 aliphatic rings. The van der Waals surface area contributed by atoms with Gasteiger partial charge in [0.25, 0.3) is 0 Å². The predicted molar refractivity (Wildman–Crippen MR) is 56.3 cm³/mol. The molecule has 2 aromatic rings. The molecule has 0 saturated carbocycles. The van der Waals surface area contributed by atoms with Crippen molar-refractivity contribution in [2.75, 3.05) is 11.9 Å². The van der Waals surface area contributed by atoms with Crippen molar-refractivity contribution >= 4 is 17.4 Å². The summed E-state index contributed by atoms with van der Waals surface area (Å²) in [5.41, 5.74) is 1.19. The molecule has 0 bridgehead atoms. The minimum atomic E-state index is -1.11. The van der Waals surface area contributed by atoms with Crippen LogP contribution in [0.25, 0.3) is 5.65 Å². The molecule has 16 heavy (non-hydrogen) atoms. The van der Waals surface area contributed by atoms with Gasteiger partial charge in [0, 0.05) is 19.4 Å². The summed E-state index contributed by atoms with van der Waals surface area (Å²) in [6, 6.07) is 5.21. The van der Waals surface area contributed by atoms with Crippen molar-refractivity contribution in [1.29, 1.82) is 5.26 Å². The summed E-state index contributed by atoms with van der Waals surface area (Å²) in [6.07, 6.45) is 2.06. The Morgan fingerprint density at radius 3 is 3.00 bits per heavy atom. The third-order valence-electron chi connectivity index (χ3n) is 2.30. The lowest BCUT2D eigenvalue weighted by molar-refractivity contribution is 0.203. The molecule has 0 aliphatic heterocycles. The van der Waals surface area contributed by atoms with Crippen LogP contribution in [0.15, 0.2) is 24.5 Å². The molecule has 0 aromatic carbocycles. The first-order valence-electron chi connectivity index (χ1n) is 4.48. The molecule has 80 valence electrons. The predicted octanol–water partition coefficient (Wildman–Crippen LogP) is 1.32. The highest BCUT2D eigenvalue weighted by Gasteiger charge is 2.15. The number of nitrogens with zero attached hydrogens (tertiary/aromatic N) is 4. The van der Waals surface area contributed by atoms with E-state index >= 15 is 0 Å². The normalized spacial score (nSPS) is 10.0. The number of aromatic nitrogens is 2. The Kier molecular flexibility index (Phi) is 2.21. The number of fused-ring (bicyclic) bond motifs is 1. The van der Waals surface area contributed by atoms with Crippen LogP contribution in [-0.4, -0.2) is 27.6 Å². The van der Waals surface area contributed by atoms with Crippen molar-refractivity contribution in [2.24, 2.45) is 0 Å². The number of anilines is 1. The van der Waals surface area contributed by atoms with Crippen LogP contribution in [0, 0.1) is 11.3 Å². The lowest BCUT2D eigenvalue weighted by Gasteiger charge is -2.14. The van der Waals surface area contributed by atoms with Gasteiger partial charge in [-0.2, -0.15) is 5.26 Å². The third kappa shape index (κ3) is 1.35. The Hall–Kier alpha value is -2.55. The fourth-order valence-corrected chi connectivity index (χ4v) is 1.47. The Morgan fingerprint density at radius 1 is 1.62 bits per heavy atom. The van der Waals surface area contributed by atoms with E-state index in [4.69, 9.17) is 10.4 Å². The van der Waals surface area contributed by atoms with E-state index in [-0.39, 0.29) is 5.69 Å². The molecule has 2 rings (SSSR count). The van der Waals surface area contributed by atoms with Gasteiger partial charge in [-0.3, -0.25) is 9.30 Å². The van der Waals surface area contributed by atoms with Gasteiger partial charge in [0.1, 0.15) is 17.4 Å². The molecule has 6 nitrogen and oxygen atoms in total. The Labute approximate surface area is 91.0 Å². The van der Waals surface area contributed by atoms with Crippen molar-refractivity contribution < 1.29 is 9.90 Å². The summed E-state index contributed by atoms with van der Waals surface area (Å²) in [7, 11) is 1.39. The van der Waals surface area contributed by atoms with Gasteiger partial charge < -0.3 is 5.11 Å². The highest BCUT2D eigenvalue weighted by molar-refractivity contribution is 5.87. The number of nitriles is 1. The van der Waals surface area contributed by atoms with Gasteiger partial charge in [-0.05, 0) is 12.1 Å². The summed E-state index contributed by atoms with van der Waals surface area (Å²) in [4.78, 5) is 15.9. The van der Waals surface area contributed by atoms with E-state index in [2.05, 4.69) is 4.98 Å². The molecule has 1 N–H and O–H groups in total. The van der Waals surface area contributed by atoms with Gasteiger partial charge in [0.15, 0.2) is 0 Å². The highest BCUT2D eigenvalue weighted by Crippen LogP contribution is 2.20. The SMILES string of the molecule is CN(C(=O)O)c1ccc2nccn2c1C#N. The van der Waals surface area contributed by atoms with Gasteiger partial charge in [-0.25, -0.2) is 9.78 Å². The van der Waals surface area contributed by atoms with E-state index in [0.717, 1.165) is 4.90 Å². The second-order valence-electron chi connectivity index (χ2n) is 3.18. The lowest BCUT2D eigenvalue weighted by atomic mass is 10.3. The average molecular weight is 216 g/mol. The molecule has 2 heterocycles. The van der Waals surface area contributed by atoms with Gasteiger partial charge in [0.05, 0.1) is 5.69 Å². The number of imidazole rings is 1. The maximum absolute atomic E-state index is 10.8. The van der Waals surface area contributed by atoms with Crippen molar-refractivity contribution in [3.05, 3.63) is 30.2 Å². The molecule has 0 aliphatic carbocycles. The maximum Gasteiger partial charge on any atom is 0.411 e. The number of carbonyl (C=O) groups is 1. The van der Waals surface area contributed by atoms with E-state index in [9.17, 15) is 4.79 Å². The van der Waals surface area contributed by atoms with Crippen LogP contribution in [0.1, 0.15) is 5.69 Å². The van der Waals surface area contributed by atoms with Gasteiger partial charge in [0.2, 0.25) is 0 Å². The monoisotopic (exact) mass is 216 g/mol. The van der Waals surface area contributed by atoms with Crippen molar-refractivity contribution in [3.8, 4) is 6.07 Å². The van der Waals surface area contributed by atoms with Crippen LogP contribution in [-0.2, 0) is 0 Å². The van der Waals surface area contributed by atoms with Crippen LogP contribution >= 0.6 is 0 Å². The fourth-order valence-electron chi connectivity index (χ4n) is 1.47. The maximum atomic E-state index is 10.8. The highest BCUT2D eigenvalue weighted by atomic mass is 16.4. The molecule has 0 radical (unpaired) electrons. The molecule has 0 unspecified atom stereocenters. The first-order valence-corrected chi connectivity index (χ1v) is 4.48. The standard InChI is InChI=1S/C10H8N4O2/c1-13(10(15)16)7-2-3-9-12-4-5-14(9)8(7)6-11/h2-5H,1H3,(H,15,16). The van der Waals surface area contributed by atoms with Crippen molar-refractivity contribution in [1.82, 2.24) is 9.38 Å². The summed E-state index contributed by atoms with van der Waals surface area (Å²) >= 11 is 0.